The number of piperidine rings is 1. The molecule has 64 valence electrons. The van der Waals surface area contributed by atoms with Crippen molar-refractivity contribution in [2.75, 3.05) is 13.1 Å². The summed E-state index contributed by atoms with van der Waals surface area (Å²) in [6, 6.07) is 0. The second-order valence-corrected chi connectivity index (χ2v) is 3.95. The van der Waals surface area contributed by atoms with Gasteiger partial charge in [-0.2, -0.15) is 0 Å². The maximum atomic E-state index is 10.3. The summed E-state index contributed by atoms with van der Waals surface area (Å²) in [5.41, 5.74) is 0. The Hall–Kier alpha value is -0.0900. The summed E-state index contributed by atoms with van der Waals surface area (Å²) in [5, 5.41) is 8.51. The average molecular weight is 222 g/mol. The number of hydrogen-bond donors (Lipinski definition) is 1. The number of halogens is 1. The Morgan fingerprint density at radius 2 is 2.09 bits per heavy atom. The molecule has 0 radical (unpaired) electrons. The minimum atomic E-state index is -0.668. The molecule has 0 saturated carbocycles. The van der Waals surface area contributed by atoms with Gasteiger partial charge in [0, 0.05) is 35.7 Å². The summed E-state index contributed by atoms with van der Waals surface area (Å²) < 4.78 is 2.06. The van der Waals surface area contributed by atoms with E-state index < -0.39 is 5.97 Å². The van der Waals surface area contributed by atoms with E-state index in [4.69, 9.17) is 5.11 Å². The van der Waals surface area contributed by atoms with Crippen LogP contribution >= 0.6 is 16.1 Å². The van der Waals surface area contributed by atoms with Crippen molar-refractivity contribution in [1.29, 1.82) is 0 Å². The van der Waals surface area contributed by atoms with Gasteiger partial charge in [0.15, 0.2) is 0 Å². The fourth-order valence-corrected chi connectivity index (χ4v) is 1.76. The summed E-state index contributed by atoms with van der Waals surface area (Å²) in [6.45, 7) is 1.94. The van der Waals surface area contributed by atoms with Crippen molar-refractivity contribution in [3.05, 3.63) is 0 Å². The summed E-state index contributed by atoms with van der Waals surface area (Å²) >= 11 is 3.37. The van der Waals surface area contributed by atoms with E-state index in [9.17, 15) is 4.79 Å². The molecule has 4 heteroatoms. The Bertz CT molecular complexity index is 143. The second kappa shape index (κ2) is 4.07. The van der Waals surface area contributed by atoms with Crippen LogP contribution in [0.2, 0.25) is 0 Å². The molecule has 3 nitrogen and oxygen atoms in total. The van der Waals surface area contributed by atoms with Crippen LogP contribution in [0.3, 0.4) is 0 Å². The van der Waals surface area contributed by atoms with Crippen LogP contribution < -0.4 is 0 Å². The molecule has 1 aliphatic heterocycles. The van der Waals surface area contributed by atoms with Crippen molar-refractivity contribution in [1.82, 2.24) is 3.93 Å². The molecule has 0 unspecified atom stereocenters. The van der Waals surface area contributed by atoms with Crippen molar-refractivity contribution in [2.24, 2.45) is 5.92 Å². The minimum Gasteiger partial charge on any atom is -0.481 e. The first-order valence-electron chi connectivity index (χ1n) is 3.81. The molecule has 0 amide bonds. The standard InChI is InChI=1S/C7H12BrNO2/c8-9-3-1-6(2-4-9)5-7(10)11/h6H,1-5H2,(H,10,11). The van der Waals surface area contributed by atoms with E-state index >= 15 is 0 Å². The van der Waals surface area contributed by atoms with Crippen molar-refractivity contribution >= 4 is 22.1 Å². The van der Waals surface area contributed by atoms with E-state index in [0.29, 0.717) is 12.3 Å². The first-order chi connectivity index (χ1) is 5.18. The molecule has 1 N–H and O–H groups in total. The van der Waals surface area contributed by atoms with Crippen molar-refractivity contribution in [3.8, 4) is 0 Å². The molecule has 0 aromatic rings. The van der Waals surface area contributed by atoms with Gasteiger partial charge in [0.1, 0.15) is 0 Å². The van der Waals surface area contributed by atoms with Crippen LogP contribution in [0.1, 0.15) is 19.3 Å². The first kappa shape index (κ1) is 9.00. The van der Waals surface area contributed by atoms with E-state index in [1.165, 1.54) is 0 Å². The highest BCUT2D eigenvalue weighted by Crippen LogP contribution is 2.21. The topological polar surface area (TPSA) is 40.5 Å². The normalized spacial score (nSPS) is 21.9. The van der Waals surface area contributed by atoms with Crippen LogP contribution in [0.5, 0.6) is 0 Å². The number of nitrogens with zero attached hydrogens (tertiary/aromatic N) is 1. The van der Waals surface area contributed by atoms with E-state index in [-0.39, 0.29) is 0 Å². The monoisotopic (exact) mass is 221 g/mol. The largest absolute Gasteiger partial charge is 0.481 e. The van der Waals surface area contributed by atoms with E-state index in [0.717, 1.165) is 25.9 Å². The Kier molecular flexibility index (Phi) is 3.33. The summed E-state index contributed by atoms with van der Waals surface area (Å²) in [4.78, 5) is 10.3. The third-order valence-corrected chi connectivity index (χ3v) is 2.73. The number of carbonyl (C=O) groups is 1. The van der Waals surface area contributed by atoms with Crippen LogP contribution in [0.15, 0.2) is 0 Å². The molecule has 0 aromatic carbocycles. The van der Waals surface area contributed by atoms with Gasteiger partial charge in [-0.15, -0.1) is 0 Å². The molecule has 1 saturated heterocycles. The molecular formula is C7H12BrNO2. The van der Waals surface area contributed by atoms with Gasteiger partial charge >= 0.3 is 5.97 Å². The zero-order valence-electron chi connectivity index (χ0n) is 6.29. The smallest absolute Gasteiger partial charge is 0.303 e. The van der Waals surface area contributed by atoms with Gasteiger partial charge in [-0.05, 0) is 18.8 Å². The highest BCUT2D eigenvalue weighted by atomic mass is 79.9. The number of aliphatic carboxylic acids is 1. The molecule has 0 aromatic heterocycles. The molecule has 0 atom stereocenters. The highest BCUT2D eigenvalue weighted by Gasteiger charge is 2.19. The number of carboxylic acids is 1. The van der Waals surface area contributed by atoms with Gasteiger partial charge in [-0.1, -0.05) is 0 Å². The average Bonchev–Trinajstić information content (AvgIpc) is 1.93. The maximum Gasteiger partial charge on any atom is 0.303 e. The van der Waals surface area contributed by atoms with Crippen molar-refractivity contribution in [3.63, 3.8) is 0 Å². The molecule has 1 rings (SSSR count). The highest BCUT2D eigenvalue weighted by molar-refractivity contribution is 9.07. The number of hydrogen-bond acceptors (Lipinski definition) is 2. The van der Waals surface area contributed by atoms with Crippen LogP contribution in [0, 0.1) is 5.92 Å². The van der Waals surface area contributed by atoms with Gasteiger partial charge in [0.25, 0.3) is 0 Å². The van der Waals surface area contributed by atoms with Gasteiger partial charge < -0.3 is 5.11 Å². The third kappa shape index (κ3) is 3.20. The van der Waals surface area contributed by atoms with Crippen LogP contribution in [-0.4, -0.2) is 28.1 Å². The van der Waals surface area contributed by atoms with Crippen molar-refractivity contribution < 1.29 is 9.90 Å². The molecule has 0 aliphatic carbocycles. The second-order valence-electron chi connectivity index (χ2n) is 2.95. The van der Waals surface area contributed by atoms with Crippen LogP contribution in [-0.2, 0) is 4.79 Å². The SMILES string of the molecule is O=C(O)CC1CCN(Br)CC1. The lowest BCUT2D eigenvalue weighted by atomic mass is 9.95. The predicted octanol–water partition coefficient (Wildman–Crippen LogP) is 1.48. The number of rotatable bonds is 2. The molecule has 0 spiro atoms. The van der Waals surface area contributed by atoms with Gasteiger partial charge in [0.05, 0.1) is 0 Å². The Balaban J connectivity index is 2.22. The lowest BCUT2D eigenvalue weighted by Crippen LogP contribution is -2.27. The fraction of sp³-hybridized carbons (Fsp3) is 0.857. The van der Waals surface area contributed by atoms with Crippen LogP contribution in [0.4, 0.5) is 0 Å². The van der Waals surface area contributed by atoms with E-state index in [1.54, 1.807) is 0 Å². The van der Waals surface area contributed by atoms with Gasteiger partial charge in [0.2, 0.25) is 0 Å². The molecular weight excluding hydrogens is 210 g/mol. The summed E-state index contributed by atoms with van der Waals surface area (Å²) in [5.74, 6) is -0.278. The zero-order chi connectivity index (χ0) is 8.27. The van der Waals surface area contributed by atoms with Crippen LogP contribution in [0.25, 0.3) is 0 Å². The maximum absolute atomic E-state index is 10.3. The molecule has 0 bridgehead atoms. The van der Waals surface area contributed by atoms with Crippen molar-refractivity contribution in [2.45, 2.75) is 19.3 Å². The Morgan fingerprint density at radius 3 is 2.55 bits per heavy atom. The van der Waals surface area contributed by atoms with Gasteiger partial charge in [-0.3, -0.25) is 4.79 Å². The number of carboxylic acid groups (broad SMARTS) is 1. The predicted molar refractivity (Wildman–Crippen MR) is 45.5 cm³/mol. The molecule has 1 heterocycles. The lowest BCUT2D eigenvalue weighted by Gasteiger charge is -2.25. The third-order valence-electron chi connectivity index (χ3n) is 2.02. The summed E-state index contributed by atoms with van der Waals surface area (Å²) in [7, 11) is 0. The fourth-order valence-electron chi connectivity index (χ4n) is 1.35. The van der Waals surface area contributed by atoms with Gasteiger partial charge in [-0.25, -0.2) is 3.93 Å². The summed E-state index contributed by atoms with van der Waals surface area (Å²) in [6.07, 6.45) is 2.33. The zero-order valence-corrected chi connectivity index (χ0v) is 7.88. The van der Waals surface area contributed by atoms with E-state index in [1.807, 2.05) is 0 Å². The Morgan fingerprint density at radius 1 is 1.55 bits per heavy atom. The Labute approximate surface area is 74.7 Å². The quantitative estimate of drug-likeness (QED) is 0.719. The lowest BCUT2D eigenvalue weighted by molar-refractivity contribution is -0.138. The molecule has 1 fully saturated rings. The van der Waals surface area contributed by atoms with E-state index in [2.05, 4.69) is 20.1 Å². The minimum absolute atomic E-state index is 0.334. The molecule has 1 aliphatic rings. The first-order valence-corrected chi connectivity index (χ1v) is 4.52. The molecule has 11 heavy (non-hydrogen) atoms.